The van der Waals surface area contributed by atoms with Gasteiger partial charge in [0.25, 0.3) is 0 Å². The Kier molecular flexibility index (Phi) is 6.61. The van der Waals surface area contributed by atoms with Crippen LogP contribution in [-0.2, 0) is 4.57 Å². The van der Waals surface area contributed by atoms with Gasteiger partial charge in [0.05, 0.1) is 0 Å². The molecule has 0 radical (unpaired) electrons. The Morgan fingerprint density at radius 1 is 0.289 bits per heavy atom. The van der Waals surface area contributed by atoms with Gasteiger partial charge < -0.3 is 4.57 Å². The van der Waals surface area contributed by atoms with E-state index in [9.17, 15) is 0 Å². The predicted octanol–water partition coefficient (Wildman–Crippen LogP) is 8.33. The van der Waals surface area contributed by atoms with Gasteiger partial charge in [-0.15, -0.1) is 0 Å². The maximum atomic E-state index is 15.1. The molecule has 0 aliphatic carbocycles. The SMILES string of the molecule is O=P(c1ccccc1)(c1ccc(-c2ccc(-c3ccccc3)cc2)cc1)c1cccc(-c2ccccc2)c1. The fourth-order valence-corrected chi connectivity index (χ4v) is 7.62. The molecule has 0 amide bonds. The zero-order chi connectivity index (χ0) is 25.8. The second-order valence-corrected chi connectivity index (χ2v) is 12.1. The zero-order valence-corrected chi connectivity index (χ0v) is 21.8. The van der Waals surface area contributed by atoms with Crippen LogP contribution in [0.4, 0.5) is 0 Å². The van der Waals surface area contributed by atoms with Crippen LogP contribution in [-0.4, -0.2) is 0 Å². The lowest BCUT2D eigenvalue weighted by molar-refractivity contribution is 0.592. The van der Waals surface area contributed by atoms with Crippen molar-refractivity contribution in [2.24, 2.45) is 0 Å². The molecule has 0 bridgehead atoms. The van der Waals surface area contributed by atoms with E-state index in [0.717, 1.165) is 38.2 Å². The van der Waals surface area contributed by atoms with E-state index < -0.39 is 7.14 Å². The highest BCUT2D eigenvalue weighted by Gasteiger charge is 2.30. The summed E-state index contributed by atoms with van der Waals surface area (Å²) in [7, 11) is -3.08. The van der Waals surface area contributed by atoms with Crippen LogP contribution in [0.2, 0.25) is 0 Å². The van der Waals surface area contributed by atoms with Crippen LogP contribution in [0.1, 0.15) is 0 Å². The molecule has 0 saturated heterocycles. The number of benzene rings is 6. The molecule has 0 fully saturated rings. The van der Waals surface area contributed by atoms with Gasteiger partial charge in [-0.2, -0.15) is 0 Å². The molecule has 0 saturated carbocycles. The van der Waals surface area contributed by atoms with Gasteiger partial charge in [-0.1, -0.05) is 158 Å². The van der Waals surface area contributed by atoms with Crippen LogP contribution in [0.25, 0.3) is 33.4 Å². The second-order valence-electron chi connectivity index (χ2n) is 9.35. The smallest absolute Gasteiger partial charge is 0.171 e. The van der Waals surface area contributed by atoms with Crippen molar-refractivity contribution < 1.29 is 4.57 Å². The first-order valence-electron chi connectivity index (χ1n) is 12.8. The molecule has 2 heteroatoms. The summed E-state index contributed by atoms with van der Waals surface area (Å²) in [5.74, 6) is 0. The molecular weight excluding hydrogens is 479 g/mol. The zero-order valence-electron chi connectivity index (χ0n) is 20.9. The van der Waals surface area contributed by atoms with E-state index in [-0.39, 0.29) is 0 Å². The molecule has 0 heterocycles. The van der Waals surface area contributed by atoms with E-state index in [0.29, 0.717) is 0 Å². The van der Waals surface area contributed by atoms with Gasteiger partial charge in [-0.05, 0) is 39.4 Å². The Morgan fingerprint density at radius 2 is 0.632 bits per heavy atom. The van der Waals surface area contributed by atoms with Gasteiger partial charge >= 0.3 is 0 Å². The van der Waals surface area contributed by atoms with Crippen LogP contribution in [0.15, 0.2) is 164 Å². The Bertz CT molecular complexity index is 1690. The molecule has 0 N–H and O–H groups in total. The van der Waals surface area contributed by atoms with Crippen LogP contribution < -0.4 is 15.9 Å². The Hall–Kier alpha value is -4.45. The maximum absolute atomic E-state index is 15.1. The molecular formula is C36H27OP. The third-order valence-corrected chi connectivity index (χ3v) is 10.0. The van der Waals surface area contributed by atoms with E-state index in [4.69, 9.17) is 0 Å². The van der Waals surface area contributed by atoms with Gasteiger partial charge in [-0.25, -0.2) is 0 Å². The van der Waals surface area contributed by atoms with Crippen molar-refractivity contribution in [1.82, 2.24) is 0 Å². The van der Waals surface area contributed by atoms with Crippen molar-refractivity contribution in [3.63, 3.8) is 0 Å². The third-order valence-electron chi connectivity index (χ3n) is 6.99. The molecule has 38 heavy (non-hydrogen) atoms. The van der Waals surface area contributed by atoms with Gasteiger partial charge in [-0.3, -0.25) is 0 Å². The Balaban J connectivity index is 1.39. The fourth-order valence-electron chi connectivity index (χ4n) is 4.95. The van der Waals surface area contributed by atoms with Crippen LogP contribution in [0, 0.1) is 0 Å². The molecule has 0 aliphatic rings. The first-order chi connectivity index (χ1) is 18.7. The summed E-state index contributed by atoms with van der Waals surface area (Å²) in [6.07, 6.45) is 0. The van der Waals surface area contributed by atoms with Crippen LogP contribution >= 0.6 is 7.14 Å². The number of hydrogen-bond acceptors (Lipinski definition) is 1. The summed E-state index contributed by atoms with van der Waals surface area (Å²) in [5, 5.41) is 2.51. The molecule has 0 aromatic heterocycles. The minimum Gasteiger partial charge on any atom is -0.309 e. The largest absolute Gasteiger partial charge is 0.309 e. The van der Waals surface area contributed by atoms with Crippen molar-refractivity contribution >= 4 is 23.1 Å². The van der Waals surface area contributed by atoms with Crippen LogP contribution in [0.5, 0.6) is 0 Å². The summed E-state index contributed by atoms with van der Waals surface area (Å²) < 4.78 is 15.1. The van der Waals surface area contributed by atoms with Gasteiger partial charge in [0.1, 0.15) is 0 Å². The molecule has 6 rings (SSSR count). The molecule has 0 spiro atoms. The van der Waals surface area contributed by atoms with Gasteiger partial charge in [0.15, 0.2) is 7.14 Å². The Morgan fingerprint density at radius 3 is 1.16 bits per heavy atom. The lowest BCUT2D eigenvalue weighted by Gasteiger charge is -2.21. The van der Waals surface area contributed by atoms with Gasteiger partial charge in [0, 0.05) is 15.9 Å². The summed E-state index contributed by atoms with van der Waals surface area (Å²) in [5.41, 5.74) is 6.81. The lowest BCUT2D eigenvalue weighted by Crippen LogP contribution is -2.25. The van der Waals surface area contributed by atoms with Crippen molar-refractivity contribution in [2.45, 2.75) is 0 Å². The van der Waals surface area contributed by atoms with E-state index in [1.54, 1.807) is 0 Å². The number of hydrogen-bond donors (Lipinski definition) is 0. The molecule has 6 aromatic rings. The normalized spacial score (nSPS) is 12.5. The van der Waals surface area contributed by atoms with Gasteiger partial charge in [0.2, 0.25) is 0 Å². The Labute approximate surface area is 224 Å². The second kappa shape index (κ2) is 10.5. The number of rotatable bonds is 6. The molecule has 1 nitrogen and oxygen atoms in total. The fraction of sp³-hybridized carbons (Fsp3) is 0. The molecule has 0 aliphatic heterocycles. The summed E-state index contributed by atoms with van der Waals surface area (Å²) in [4.78, 5) is 0. The topological polar surface area (TPSA) is 17.1 Å². The van der Waals surface area contributed by atoms with E-state index >= 15 is 4.57 Å². The summed E-state index contributed by atoms with van der Waals surface area (Å²) in [6, 6.07) is 55.5. The van der Waals surface area contributed by atoms with Crippen molar-refractivity contribution in [2.75, 3.05) is 0 Å². The van der Waals surface area contributed by atoms with E-state index in [2.05, 4.69) is 84.9 Å². The third kappa shape index (κ3) is 4.65. The molecule has 182 valence electrons. The summed E-state index contributed by atoms with van der Waals surface area (Å²) >= 11 is 0. The maximum Gasteiger partial charge on any atom is 0.171 e. The molecule has 6 aromatic carbocycles. The monoisotopic (exact) mass is 506 g/mol. The highest BCUT2D eigenvalue weighted by molar-refractivity contribution is 7.85. The highest BCUT2D eigenvalue weighted by Crippen LogP contribution is 2.43. The standard InChI is InChI=1S/C36H27OP/c37-38(34-16-8-3-9-17-34,36-18-10-15-33(27-36)29-13-6-2-7-14-29)35-25-23-32(24-26-35)31-21-19-30(20-22-31)28-11-4-1-5-12-28/h1-27H. The van der Waals surface area contributed by atoms with E-state index in [1.165, 1.54) is 11.1 Å². The average molecular weight is 507 g/mol. The highest BCUT2D eigenvalue weighted by atomic mass is 31.2. The lowest BCUT2D eigenvalue weighted by atomic mass is 10.0. The summed E-state index contributed by atoms with van der Waals surface area (Å²) in [6.45, 7) is 0. The van der Waals surface area contributed by atoms with Crippen molar-refractivity contribution in [3.05, 3.63) is 164 Å². The molecule has 1 atom stereocenters. The minimum atomic E-state index is -3.08. The van der Waals surface area contributed by atoms with Crippen LogP contribution in [0.3, 0.4) is 0 Å². The first kappa shape index (κ1) is 23.9. The quantitative estimate of drug-likeness (QED) is 0.208. The molecule has 1 unspecified atom stereocenters. The van der Waals surface area contributed by atoms with Crippen molar-refractivity contribution in [1.29, 1.82) is 0 Å². The van der Waals surface area contributed by atoms with Crippen molar-refractivity contribution in [3.8, 4) is 33.4 Å². The predicted molar refractivity (Wildman–Crippen MR) is 162 cm³/mol. The first-order valence-corrected chi connectivity index (χ1v) is 14.5. The average Bonchev–Trinajstić information content (AvgIpc) is 3.02. The minimum absolute atomic E-state index is 0.832. The van der Waals surface area contributed by atoms with E-state index in [1.807, 2.05) is 78.9 Å².